The Hall–Kier alpha value is -3.16. The number of nitrogens with one attached hydrogen (secondary N) is 1. The maximum Gasteiger partial charge on any atom is 0.254 e. The number of anilines is 1. The van der Waals surface area contributed by atoms with E-state index in [0.29, 0.717) is 29.6 Å². The molecule has 2 aliphatic heterocycles. The van der Waals surface area contributed by atoms with Crippen molar-refractivity contribution in [2.45, 2.75) is 25.0 Å². The summed E-state index contributed by atoms with van der Waals surface area (Å²) in [5.41, 5.74) is 1.64. The summed E-state index contributed by atoms with van der Waals surface area (Å²) in [6.07, 6.45) is 1.78. The van der Waals surface area contributed by atoms with Gasteiger partial charge in [0.15, 0.2) is 0 Å². The lowest BCUT2D eigenvalue weighted by atomic mass is 9.87. The van der Waals surface area contributed by atoms with Crippen LogP contribution in [0.15, 0.2) is 60.3 Å². The van der Waals surface area contributed by atoms with Crippen LogP contribution in [0.3, 0.4) is 0 Å². The third-order valence-electron chi connectivity index (χ3n) is 5.73. The molecule has 1 saturated heterocycles. The maximum absolute atomic E-state index is 14.7. The number of fused-ring (bicyclic) bond motifs is 2. The van der Waals surface area contributed by atoms with Gasteiger partial charge < -0.3 is 10.1 Å². The van der Waals surface area contributed by atoms with Gasteiger partial charge in [-0.3, -0.25) is 4.79 Å². The summed E-state index contributed by atoms with van der Waals surface area (Å²) in [7, 11) is 0. The highest BCUT2D eigenvalue weighted by Crippen LogP contribution is 2.46. The number of carbonyl (C=O) groups is 1. The number of benzene rings is 2. The van der Waals surface area contributed by atoms with E-state index >= 15 is 0 Å². The van der Waals surface area contributed by atoms with Gasteiger partial charge in [0.2, 0.25) is 5.95 Å². The zero-order valence-corrected chi connectivity index (χ0v) is 17.3. The Kier molecular flexibility index (Phi) is 5.23. The number of nitrogens with zero attached hydrogens (tertiary/aromatic N) is 1. The van der Waals surface area contributed by atoms with Crippen molar-refractivity contribution in [3.8, 4) is 11.1 Å². The number of ether oxygens (including phenoxy) is 1. The molecule has 2 bridgehead atoms. The molecule has 1 fully saturated rings. The molecule has 1 aromatic heterocycles. The maximum atomic E-state index is 14.7. The molecule has 8 heteroatoms. The molecule has 3 aromatic rings. The highest BCUT2D eigenvalue weighted by Gasteiger charge is 2.44. The van der Waals surface area contributed by atoms with Gasteiger partial charge in [0.1, 0.15) is 16.7 Å². The van der Waals surface area contributed by atoms with Crippen molar-refractivity contribution < 1.29 is 22.7 Å². The molecule has 1 N–H and O–H groups in total. The number of hydrogen-bond acceptors (Lipinski definition) is 3. The second-order valence-electron chi connectivity index (χ2n) is 7.61. The van der Waals surface area contributed by atoms with Crippen LogP contribution < -0.4 is 5.32 Å². The number of hydrogen-bond donors (Lipinski definition) is 1. The smallest absolute Gasteiger partial charge is 0.254 e. The van der Waals surface area contributed by atoms with E-state index in [9.17, 15) is 18.0 Å². The van der Waals surface area contributed by atoms with E-state index in [1.807, 2.05) is 0 Å². The predicted octanol–water partition coefficient (Wildman–Crippen LogP) is 5.77. The normalized spacial score (nSPS) is 19.5. The van der Waals surface area contributed by atoms with Crippen LogP contribution in [0.2, 0.25) is 5.02 Å². The van der Waals surface area contributed by atoms with Gasteiger partial charge in [0, 0.05) is 34.1 Å². The first kappa shape index (κ1) is 20.7. The van der Waals surface area contributed by atoms with Crippen molar-refractivity contribution in [3.05, 3.63) is 88.5 Å². The van der Waals surface area contributed by atoms with Crippen molar-refractivity contribution in [2.24, 2.45) is 0 Å². The van der Waals surface area contributed by atoms with Crippen LogP contribution in [0.5, 0.6) is 0 Å². The monoisotopic (exact) mass is 456 g/mol. The summed E-state index contributed by atoms with van der Waals surface area (Å²) < 4.78 is 48.5. The summed E-state index contributed by atoms with van der Waals surface area (Å²) >= 11 is 6.11. The van der Waals surface area contributed by atoms with Gasteiger partial charge in [-0.1, -0.05) is 29.8 Å². The van der Waals surface area contributed by atoms with E-state index in [2.05, 4.69) is 10.3 Å². The molecule has 2 atom stereocenters. The molecule has 4 nitrogen and oxygen atoms in total. The van der Waals surface area contributed by atoms with Crippen LogP contribution in [-0.4, -0.2) is 23.1 Å². The summed E-state index contributed by atoms with van der Waals surface area (Å²) in [5.74, 6) is -2.53. The van der Waals surface area contributed by atoms with Crippen LogP contribution in [0.25, 0.3) is 16.7 Å². The molecule has 32 heavy (non-hydrogen) atoms. The van der Waals surface area contributed by atoms with Gasteiger partial charge in [0.05, 0.1) is 17.8 Å². The fourth-order valence-electron chi connectivity index (χ4n) is 4.31. The molecule has 2 aromatic carbocycles. The SMILES string of the molecule is O=C(Nc1ccc(-c2ccccc2F)c(F)c1)C1=C(c2ccnc(F)c2Cl)[C@@H]2CC[C@H]1O2. The molecule has 3 heterocycles. The highest BCUT2D eigenvalue weighted by atomic mass is 35.5. The average molecular weight is 457 g/mol. The highest BCUT2D eigenvalue weighted by molar-refractivity contribution is 6.32. The molecule has 0 aliphatic carbocycles. The third kappa shape index (κ3) is 3.47. The molecule has 1 amide bonds. The fraction of sp³-hybridized carbons (Fsp3) is 0.167. The van der Waals surface area contributed by atoms with E-state index in [-0.39, 0.29) is 27.9 Å². The van der Waals surface area contributed by atoms with Crippen LogP contribution in [0.1, 0.15) is 18.4 Å². The molecule has 162 valence electrons. The zero-order chi connectivity index (χ0) is 22.4. The Bertz CT molecular complexity index is 1280. The Labute approximate surface area is 186 Å². The van der Waals surface area contributed by atoms with E-state index in [0.717, 1.165) is 6.07 Å². The van der Waals surface area contributed by atoms with Crippen LogP contribution in [0.4, 0.5) is 18.9 Å². The van der Waals surface area contributed by atoms with Crippen molar-refractivity contribution in [1.82, 2.24) is 4.98 Å². The number of rotatable bonds is 4. The lowest BCUT2D eigenvalue weighted by molar-refractivity contribution is -0.113. The first-order valence-corrected chi connectivity index (χ1v) is 10.4. The minimum Gasteiger partial charge on any atom is -0.365 e. The quantitative estimate of drug-likeness (QED) is 0.507. The summed E-state index contributed by atoms with van der Waals surface area (Å²) in [6, 6.07) is 11.4. The van der Waals surface area contributed by atoms with E-state index in [1.165, 1.54) is 36.5 Å². The minimum absolute atomic E-state index is 0.0864. The van der Waals surface area contributed by atoms with E-state index < -0.39 is 29.6 Å². The summed E-state index contributed by atoms with van der Waals surface area (Å²) in [5, 5.41) is 2.50. The van der Waals surface area contributed by atoms with Gasteiger partial charge in [0.25, 0.3) is 5.91 Å². The first-order chi connectivity index (χ1) is 15.4. The molecule has 0 radical (unpaired) electrons. The zero-order valence-electron chi connectivity index (χ0n) is 16.5. The Balaban J connectivity index is 1.48. The van der Waals surface area contributed by atoms with Crippen molar-refractivity contribution in [3.63, 3.8) is 0 Å². The molecular formula is C24H16ClF3N2O2. The minimum atomic E-state index is -0.829. The number of halogens is 4. The predicted molar refractivity (Wildman–Crippen MR) is 114 cm³/mol. The Morgan fingerprint density at radius 3 is 2.50 bits per heavy atom. The van der Waals surface area contributed by atoms with Crippen LogP contribution >= 0.6 is 11.6 Å². The van der Waals surface area contributed by atoms with Gasteiger partial charge in [-0.15, -0.1) is 0 Å². The van der Waals surface area contributed by atoms with Gasteiger partial charge >= 0.3 is 0 Å². The number of carbonyl (C=O) groups excluding carboxylic acids is 1. The van der Waals surface area contributed by atoms with E-state index in [1.54, 1.807) is 12.1 Å². The van der Waals surface area contributed by atoms with Gasteiger partial charge in [-0.25, -0.2) is 13.8 Å². The van der Waals surface area contributed by atoms with Crippen LogP contribution in [-0.2, 0) is 9.53 Å². The fourth-order valence-corrected chi connectivity index (χ4v) is 4.52. The second kappa shape index (κ2) is 8.07. The van der Waals surface area contributed by atoms with Crippen molar-refractivity contribution >= 4 is 28.8 Å². The lowest BCUT2D eigenvalue weighted by Crippen LogP contribution is -2.23. The number of amides is 1. The first-order valence-electron chi connectivity index (χ1n) is 9.99. The number of pyridine rings is 1. The Morgan fingerprint density at radius 1 is 0.969 bits per heavy atom. The second-order valence-corrected chi connectivity index (χ2v) is 7.99. The molecular weight excluding hydrogens is 441 g/mol. The molecule has 0 saturated carbocycles. The Morgan fingerprint density at radius 2 is 1.72 bits per heavy atom. The molecule has 5 rings (SSSR count). The largest absolute Gasteiger partial charge is 0.365 e. The van der Waals surface area contributed by atoms with Crippen molar-refractivity contribution in [1.29, 1.82) is 0 Å². The standard InChI is InChI=1S/C24H16ClF3N2O2/c25-22-15(9-10-29-23(22)28)20-18-7-8-19(32-18)21(20)24(31)30-12-5-6-14(17(27)11-12)13-3-1-2-4-16(13)26/h1-6,9-11,18-19H,7-8H2,(H,30,31)/t18-,19+/m0/s1. The molecule has 0 spiro atoms. The van der Waals surface area contributed by atoms with Gasteiger partial charge in [-0.2, -0.15) is 4.39 Å². The average Bonchev–Trinajstić information content (AvgIpc) is 3.38. The van der Waals surface area contributed by atoms with E-state index in [4.69, 9.17) is 16.3 Å². The molecule has 0 unspecified atom stereocenters. The summed E-state index contributed by atoms with van der Waals surface area (Å²) in [6.45, 7) is 0. The van der Waals surface area contributed by atoms with Crippen LogP contribution in [0, 0.1) is 17.6 Å². The topological polar surface area (TPSA) is 51.2 Å². The third-order valence-corrected chi connectivity index (χ3v) is 6.09. The summed E-state index contributed by atoms with van der Waals surface area (Å²) in [4.78, 5) is 16.6. The lowest BCUT2D eigenvalue weighted by Gasteiger charge is -2.18. The number of aromatic nitrogens is 1. The van der Waals surface area contributed by atoms with Gasteiger partial charge in [-0.05, 0) is 43.2 Å². The van der Waals surface area contributed by atoms with Crippen molar-refractivity contribution in [2.75, 3.05) is 5.32 Å². The molecule has 2 aliphatic rings.